The number of hydrogen-bond donors (Lipinski definition) is 1. The highest BCUT2D eigenvalue weighted by Gasteiger charge is 2.39. The highest BCUT2D eigenvalue weighted by atomic mass is 32.2. The summed E-state index contributed by atoms with van der Waals surface area (Å²) in [4.78, 5) is 2.52. The Hall–Kier alpha value is 0.270. The van der Waals surface area contributed by atoms with Gasteiger partial charge in [-0.25, -0.2) is 0 Å². The predicted molar refractivity (Wildman–Crippen MR) is 70.4 cm³/mol. The zero-order valence-corrected chi connectivity index (χ0v) is 11.3. The van der Waals surface area contributed by atoms with Crippen LogP contribution in [0.25, 0.3) is 0 Å². The molecule has 0 aromatic rings. The van der Waals surface area contributed by atoms with Gasteiger partial charge in [0.05, 0.1) is 0 Å². The van der Waals surface area contributed by atoms with E-state index >= 15 is 0 Å². The van der Waals surface area contributed by atoms with Crippen molar-refractivity contribution in [2.45, 2.75) is 38.1 Å². The van der Waals surface area contributed by atoms with Crippen molar-refractivity contribution in [1.82, 2.24) is 4.90 Å². The van der Waals surface area contributed by atoms with Gasteiger partial charge in [0.25, 0.3) is 0 Å². The van der Waals surface area contributed by atoms with Crippen molar-refractivity contribution in [3.8, 4) is 0 Å². The number of hydrogen-bond acceptors (Lipinski definition) is 3. The molecule has 0 bridgehead atoms. The van der Waals surface area contributed by atoms with Crippen LogP contribution in [-0.2, 0) is 0 Å². The third-order valence-corrected chi connectivity index (χ3v) is 4.75. The minimum atomic E-state index is 0.286. The summed E-state index contributed by atoms with van der Waals surface area (Å²) >= 11 is 1.92. The maximum atomic E-state index is 6.05. The first-order chi connectivity index (χ1) is 7.17. The zero-order chi connectivity index (χ0) is 11.3. The van der Waals surface area contributed by atoms with Crippen LogP contribution in [0.2, 0.25) is 0 Å². The van der Waals surface area contributed by atoms with Gasteiger partial charge in [0.15, 0.2) is 0 Å². The average molecular weight is 230 g/mol. The molecule has 1 aliphatic rings. The molecule has 2 atom stereocenters. The van der Waals surface area contributed by atoms with E-state index in [0.29, 0.717) is 0 Å². The van der Waals surface area contributed by atoms with E-state index in [9.17, 15) is 0 Å². The first-order valence-corrected chi connectivity index (χ1v) is 7.47. The first kappa shape index (κ1) is 13.3. The second kappa shape index (κ2) is 6.12. The molecule has 0 radical (unpaired) electrons. The Bertz CT molecular complexity index is 186. The lowest BCUT2D eigenvalue weighted by Gasteiger charge is -2.48. The molecular formula is C12H26N2S. The van der Waals surface area contributed by atoms with E-state index in [4.69, 9.17) is 5.73 Å². The van der Waals surface area contributed by atoms with Crippen molar-refractivity contribution >= 4 is 11.8 Å². The standard InChI is InChI=1S/C12H26N2S/c1-11-6-4-5-7-12(11,10-13)14(2)8-9-15-3/h11H,4-10,13H2,1-3H3. The summed E-state index contributed by atoms with van der Waals surface area (Å²) in [5.74, 6) is 1.97. The fourth-order valence-corrected chi connectivity index (χ4v) is 3.33. The molecule has 0 aliphatic heterocycles. The van der Waals surface area contributed by atoms with Crippen LogP contribution in [-0.4, -0.2) is 42.6 Å². The van der Waals surface area contributed by atoms with Gasteiger partial charge >= 0.3 is 0 Å². The number of thioether (sulfide) groups is 1. The third kappa shape index (κ3) is 2.89. The molecule has 0 heterocycles. The van der Waals surface area contributed by atoms with Gasteiger partial charge in [-0.05, 0) is 32.1 Å². The summed E-state index contributed by atoms with van der Waals surface area (Å²) in [6.07, 6.45) is 7.55. The van der Waals surface area contributed by atoms with Crippen molar-refractivity contribution in [2.24, 2.45) is 11.7 Å². The van der Waals surface area contributed by atoms with Gasteiger partial charge in [-0.2, -0.15) is 11.8 Å². The minimum absolute atomic E-state index is 0.286. The second-order valence-corrected chi connectivity index (χ2v) is 5.85. The number of nitrogens with two attached hydrogens (primary N) is 1. The molecule has 0 amide bonds. The second-order valence-electron chi connectivity index (χ2n) is 4.87. The molecule has 1 aliphatic carbocycles. The van der Waals surface area contributed by atoms with Crippen LogP contribution in [0.1, 0.15) is 32.6 Å². The fourth-order valence-electron chi connectivity index (χ4n) is 2.87. The van der Waals surface area contributed by atoms with E-state index in [1.165, 1.54) is 38.0 Å². The van der Waals surface area contributed by atoms with Gasteiger partial charge in [0.2, 0.25) is 0 Å². The van der Waals surface area contributed by atoms with E-state index in [1.54, 1.807) is 0 Å². The highest BCUT2D eigenvalue weighted by Crippen LogP contribution is 2.36. The van der Waals surface area contributed by atoms with Gasteiger partial charge in [0, 0.05) is 24.4 Å². The van der Waals surface area contributed by atoms with Gasteiger partial charge in [-0.1, -0.05) is 19.8 Å². The van der Waals surface area contributed by atoms with Crippen molar-refractivity contribution in [3.05, 3.63) is 0 Å². The zero-order valence-electron chi connectivity index (χ0n) is 10.5. The third-order valence-electron chi connectivity index (χ3n) is 4.16. The van der Waals surface area contributed by atoms with Gasteiger partial charge in [-0.3, -0.25) is 4.90 Å². The Balaban J connectivity index is 2.63. The molecule has 0 aromatic heterocycles. The fraction of sp³-hybridized carbons (Fsp3) is 1.00. The normalized spacial score (nSPS) is 32.2. The predicted octanol–water partition coefficient (Wildman–Crippen LogP) is 2.19. The monoisotopic (exact) mass is 230 g/mol. The van der Waals surface area contributed by atoms with E-state index in [-0.39, 0.29) is 5.54 Å². The highest BCUT2D eigenvalue weighted by molar-refractivity contribution is 7.98. The van der Waals surface area contributed by atoms with E-state index in [2.05, 4.69) is 25.1 Å². The molecule has 90 valence electrons. The van der Waals surface area contributed by atoms with Gasteiger partial charge in [0.1, 0.15) is 0 Å². The number of rotatable bonds is 5. The van der Waals surface area contributed by atoms with Gasteiger partial charge < -0.3 is 5.73 Å². The maximum absolute atomic E-state index is 6.05. The first-order valence-electron chi connectivity index (χ1n) is 6.07. The van der Waals surface area contributed by atoms with Crippen LogP contribution in [0.15, 0.2) is 0 Å². The quantitative estimate of drug-likeness (QED) is 0.785. The molecule has 2 N–H and O–H groups in total. The number of likely N-dealkylation sites (N-methyl/N-ethyl adjacent to an activating group) is 1. The summed E-state index contributed by atoms with van der Waals surface area (Å²) < 4.78 is 0. The Morgan fingerprint density at radius 1 is 1.47 bits per heavy atom. The summed E-state index contributed by atoms with van der Waals surface area (Å²) in [6, 6.07) is 0. The largest absolute Gasteiger partial charge is 0.329 e. The van der Waals surface area contributed by atoms with Gasteiger partial charge in [-0.15, -0.1) is 0 Å². The molecular weight excluding hydrogens is 204 g/mol. The van der Waals surface area contributed by atoms with Crippen LogP contribution < -0.4 is 5.73 Å². The van der Waals surface area contributed by atoms with Crippen LogP contribution >= 0.6 is 11.8 Å². The van der Waals surface area contributed by atoms with Crippen LogP contribution in [0.4, 0.5) is 0 Å². The Labute approximate surface area is 99.0 Å². The molecule has 2 nitrogen and oxygen atoms in total. The van der Waals surface area contributed by atoms with Crippen molar-refractivity contribution in [3.63, 3.8) is 0 Å². The molecule has 1 saturated carbocycles. The summed E-state index contributed by atoms with van der Waals surface area (Å²) in [6.45, 7) is 4.36. The summed E-state index contributed by atoms with van der Waals surface area (Å²) in [5, 5.41) is 0. The maximum Gasteiger partial charge on any atom is 0.0354 e. The molecule has 15 heavy (non-hydrogen) atoms. The molecule has 0 saturated heterocycles. The Morgan fingerprint density at radius 2 is 2.20 bits per heavy atom. The molecule has 3 heteroatoms. The SMILES string of the molecule is CSCCN(C)C1(CN)CCCCC1C. The van der Waals surface area contributed by atoms with Crippen molar-refractivity contribution < 1.29 is 0 Å². The molecule has 0 spiro atoms. The lowest BCUT2D eigenvalue weighted by atomic mass is 9.72. The smallest absolute Gasteiger partial charge is 0.0354 e. The van der Waals surface area contributed by atoms with Crippen LogP contribution in [0.3, 0.4) is 0 Å². The van der Waals surface area contributed by atoms with E-state index in [1.807, 2.05) is 11.8 Å². The van der Waals surface area contributed by atoms with E-state index < -0.39 is 0 Å². The van der Waals surface area contributed by atoms with Crippen LogP contribution in [0.5, 0.6) is 0 Å². The van der Waals surface area contributed by atoms with E-state index in [0.717, 1.165) is 12.5 Å². The number of nitrogens with zero attached hydrogens (tertiary/aromatic N) is 1. The summed E-state index contributed by atoms with van der Waals surface area (Å²) in [5.41, 5.74) is 6.34. The molecule has 0 aromatic carbocycles. The average Bonchev–Trinajstić information content (AvgIpc) is 2.27. The van der Waals surface area contributed by atoms with Crippen LogP contribution in [0, 0.1) is 5.92 Å². The molecule has 1 rings (SSSR count). The minimum Gasteiger partial charge on any atom is -0.329 e. The Morgan fingerprint density at radius 3 is 2.73 bits per heavy atom. The Kier molecular flexibility index (Phi) is 5.44. The summed E-state index contributed by atoms with van der Waals surface area (Å²) in [7, 11) is 2.25. The molecule has 1 fully saturated rings. The lowest BCUT2D eigenvalue weighted by Crippen LogP contribution is -2.58. The lowest BCUT2D eigenvalue weighted by molar-refractivity contribution is 0.0388. The molecule has 2 unspecified atom stereocenters. The van der Waals surface area contributed by atoms with Crippen molar-refractivity contribution in [1.29, 1.82) is 0 Å². The van der Waals surface area contributed by atoms with Crippen molar-refractivity contribution in [2.75, 3.05) is 32.1 Å². The topological polar surface area (TPSA) is 29.3 Å².